The first-order chi connectivity index (χ1) is 5.55. The molecular weight excluding hydrogens is 174 g/mol. The Morgan fingerprint density at radius 3 is 2.92 bits per heavy atom. The number of aromatic nitrogens is 3. The molecule has 1 aromatic rings. The molecular formula is C7H13N3OS. The number of aliphatic hydroxyl groups is 1. The Labute approximate surface area is 76.2 Å². The largest absolute Gasteiger partial charge is 0.388 e. The van der Waals surface area contributed by atoms with Gasteiger partial charge in [0.05, 0.1) is 12.1 Å². The fraction of sp³-hybridized carbons (Fsp3) is 0.714. The summed E-state index contributed by atoms with van der Waals surface area (Å²) in [4.78, 5) is 3.85. The van der Waals surface area contributed by atoms with E-state index in [1.54, 1.807) is 11.6 Å². The van der Waals surface area contributed by atoms with Gasteiger partial charge in [0.25, 0.3) is 0 Å². The molecule has 12 heavy (non-hydrogen) atoms. The van der Waals surface area contributed by atoms with E-state index < -0.39 is 5.60 Å². The average Bonchev–Trinajstić information content (AvgIpc) is 2.36. The average molecular weight is 187 g/mol. The van der Waals surface area contributed by atoms with Crippen LogP contribution in [0.25, 0.3) is 0 Å². The molecule has 2 N–H and O–H groups in total. The second-order valence-electron chi connectivity index (χ2n) is 3.11. The van der Waals surface area contributed by atoms with E-state index in [0.717, 1.165) is 0 Å². The first-order valence-electron chi connectivity index (χ1n) is 3.88. The molecule has 1 unspecified atom stereocenters. The number of nitrogens with zero attached hydrogens (tertiary/aromatic N) is 2. The predicted molar refractivity (Wildman–Crippen MR) is 48.3 cm³/mol. The molecule has 4 nitrogen and oxygen atoms in total. The summed E-state index contributed by atoms with van der Waals surface area (Å²) in [6.07, 6.45) is 2.21. The Morgan fingerprint density at radius 2 is 2.50 bits per heavy atom. The van der Waals surface area contributed by atoms with Gasteiger partial charge in [0.15, 0.2) is 0 Å². The zero-order valence-electron chi connectivity index (χ0n) is 7.24. The molecule has 0 amide bonds. The monoisotopic (exact) mass is 187 g/mol. The Hall–Kier alpha value is -0.680. The maximum atomic E-state index is 9.70. The zero-order chi connectivity index (χ0) is 9.19. The summed E-state index contributed by atoms with van der Waals surface area (Å²) in [7, 11) is 0. The van der Waals surface area contributed by atoms with Gasteiger partial charge in [-0.05, 0) is 25.6 Å². The highest BCUT2D eigenvalue weighted by Gasteiger charge is 2.18. The van der Waals surface area contributed by atoms with Crippen LogP contribution in [0.15, 0.2) is 6.33 Å². The minimum atomic E-state index is -0.718. The van der Waals surface area contributed by atoms with Crippen LogP contribution in [-0.4, -0.2) is 25.5 Å². The third-order valence-electron chi connectivity index (χ3n) is 1.88. The van der Waals surface area contributed by atoms with Gasteiger partial charge in [-0.2, -0.15) is 0 Å². The summed E-state index contributed by atoms with van der Waals surface area (Å²) in [5.41, 5.74) is -0.718. The van der Waals surface area contributed by atoms with E-state index in [9.17, 15) is 5.11 Å². The Balaban J connectivity index is 2.77. The lowest BCUT2D eigenvalue weighted by molar-refractivity contribution is 0.0340. The van der Waals surface area contributed by atoms with Crippen LogP contribution < -0.4 is 0 Å². The maximum absolute atomic E-state index is 9.70. The van der Waals surface area contributed by atoms with Crippen molar-refractivity contribution < 1.29 is 5.11 Å². The molecule has 0 aromatic carbocycles. The highest BCUT2D eigenvalue weighted by atomic mass is 32.1. The van der Waals surface area contributed by atoms with E-state index in [2.05, 4.69) is 10.1 Å². The highest BCUT2D eigenvalue weighted by molar-refractivity contribution is 7.71. The third-order valence-corrected chi connectivity index (χ3v) is 2.21. The molecule has 0 saturated carbocycles. The molecule has 1 rings (SSSR count). The zero-order valence-corrected chi connectivity index (χ0v) is 8.06. The van der Waals surface area contributed by atoms with E-state index in [4.69, 9.17) is 12.2 Å². The van der Waals surface area contributed by atoms with Gasteiger partial charge in [-0.3, -0.25) is 9.78 Å². The molecule has 1 atom stereocenters. The van der Waals surface area contributed by atoms with Crippen molar-refractivity contribution in [2.75, 3.05) is 0 Å². The van der Waals surface area contributed by atoms with E-state index in [1.807, 2.05) is 6.92 Å². The number of aromatic amines is 1. The normalized spacial score (nSPS) is 15.9. The lowest BCUT2D eigenvalue weighted by Gasteiger charge is -2.20. The van der Waals surface area contributed by atoms with Gasteiger partial charge < -0.3 is 5.11 Å². The quantitative estimate of drug-likeness (QED) is 0.697. The van der Waals surface area contributed by atoms with Crippen molar-refractivity contribution in [3.8, 4) is 0 Å². The van der Waals surface area contributed by atoms with Crippen LogP contribution in [-0.2, 0) is 6.54 Å². The molecule has 1 aromatic heterocycles. The van der Waals surface area contributed by atoms with Crippen molar-refractivity contribution in [3.05, 3.63) is 11.1 Å². The topological polar surface area (TPSA) is 53.8 Å². The molecule has 0 saturated heterocycles. The molecule has 0 bridgehead atoms. The Kier molecular flexibility index (Phi) is 2.64. The van der Waals surface area contributed by atoms with Gasteiger partial charge in [-0.15, -0.1) is 0 Å². The number of hydrogen-bond acceptors (Lipinski definition) is 3. The minimum Gasteiger partial charge on any atom is -0.388 e. The third kappa shape index (κ3) is 2.15. The van der Waals surface area contributed by atoms with Crippen molar-refractivity contribution in [1.29, 1.82) is 0 Å². The van der Waals surface area contributed by atoms with Crippen LogP contribution in [0.3, 0.4) is 0 Å². The van der Waals surface area contributed by atoms with Crippen molar-refractivity contribution in [3.63, 3.8) is 0 Å². The van der Waals surface area contributed by atoms with Crippen LogP contribution >= 0.6 is 12.2 Å². The Morgan fingerprint density at radius 1 is 1.83 bits per heavy atom. The lowest BCUT2D eigenvalue weighted by Crippen LogP contribution is -2.29. The second-order valence-corrected chi connectivity index (χ2v) is 3.47. The number of H-pyrrole nitrogens is 1. The summed E-state index contributed by atoms with van der Waals surface area (Å²) in [6, 6.07) is 0. The first-order valence-corrected chi connectivity index (χ1v) is 4.28. The molecule has 0 radical (unpaired) electrons. The molecule has 0 aliphatic carbocycles. The minimum absolute atomic E-state index is 0.461. The standard InChI is InChI=1S/C7H13N3OS/c1-3-7(2,11)4-10-6(12)8-5-9-10/h5,11H,3-4H2,1-2H3,(H,8,9,12). The smallest absolute Gasteiger partial charge is 0.215 e. The van der Waals surface area contributed by atoms with Gasteiger partial charge >= 0.3 is 0 Å². The predicted octanol–water partition coefficient (Wildman–Crippen LogP) is 1.10. The van der Waals surface area contributed by atoms with Crippen LogP contribution in [0, 0.1) is 4.77 Å². The lowest BCUT2D eigenvalue weighted by atomic mass is 10.0. The van der Waals surface area contributed by atoms with Crippen molar-refractivity contribution in [2.45, 2.75) is 32.4 Å². The number of hydrogen-bond donors (Lipinski definition) is 2. The molecule has 0 spiro atoms. The maximum Gasteiger partial charge on any atom is 0.215 e. The fourth-order valence-electron chi connectivity index (χ4n) is 0.844. The number of nitrogens with one attached hydrogen (secondary N) is 1. The van der Waals surface area contributed by atoms with Crippen molar-refractivity contribution in [2.24, 2.45) is 0 Å². The van der Waals surface area contributed by atoms with Crippen molar-refractivity contribution in [1.82, 2.24) is 14.8 Å². The molecule has 0 aliphatic rings. The summed E-state index contributed by atoms with van der Waals surface area (Å²) in [5, 5.41) is 12.5. The van der Waals surface area contributed by atoms with Gasteiger partial charge in [-0.1, -0.05) is 6.92 Å². The van der Waals surface area contributed by atoms with E-state index in [0.29, 0.717) is 17.7 Å². The van der Waals surface area contributed by atoms with Gasteiger partial charge in [-0.25, -0.2) is 4.98 Å². The van der Waals surface area contributed by atoms with Crippen LogP contribution in [0.4, 0.5) is 0 Å². The van der Waals surface area contributed by atoms with Crippen LogP contribution in [0.5, 0.6) is 0 Å². The Bertz CT molecular complexity index is 302. The first kappa shape index (κ1) is 9.41. The molecule has 0 aliphatic heterocycles. The second kappa shape index (κ2) is 3.37. The van der Waals surface area contributed by atoms with E-state index in [-0.39, 0.29) is 0 Å². The molecule has 0 fully saturated rings. The van der Waals surface area contributed by atoms with Gasteiger partial charge in [0.2, 0.25) is 4.77 Å². The fourth-order valence-corrected chi connectivity index (χ4v) is 1.01. The summed E-state index contributed by atoms with van der Waals surface area (Å²) in [6.45, 7) is 4.16. The van der Waals surface area contributed by atoms with E-state index in [1.165, 1.54) is 6.33 Å². The summed E-state index contributed by atoms with van der Waals surface area (Å²) < 4.78 is 2.13. The summed E-state index contributed by atoms with van der Waals surface area (Å²) in [5.74, 6) is 0. The van der Waals surface area contributed by atoms with Crippen LogP contribution in [0.1, 0.15) is 20.3 Å². The summed E-state index contributed by atoms with van der Waals surface area (Å²) >= 11 is 4.91. The van der Waals surface area contributed by atoms with Gasteiger partial charge in [0, 0.05) is 0 Å². The molecule has 5 heteroatoms. The number of rotatable bonds is 3. The SMILES string of the molecule is CCC(C)(O)Cn1[nH]cnc1=S. The van der Waals surface area contributed by atoms with E-state index >= 15 is 0 Å². The highest BCUT2D eigenvalue weighted by Crippen LogP contribution is 2.10. The molecule has 1 heterocycles. The molecule has 68 valence electrons. The van der Waals surface area contributed by atoms with Crippen molar-refractivity contribution >= 4 is 12.2 Å². The van der Waals surface area contributed by atoms with Gasteiger partial charge in [0.1, 0.15) is 6.33 Å². The van der Waals surface area contributed by atoms with Crippen LogP contribution in [0.2, 0.25) is 0 Å².